The summed E-state index contributed by atoms with van der Waals surface area (Å²) >= 11 is 0. The van der Waals surface area contributed by atoms with Crippen molar-refractivity contribution in [1.82, 2.24) is 0 Å². The predicted molar refractivity (Wildman–Crippen MR) is 47.3 cm³/mol. The van der Waals surface area contributed by atoms with Gasteiger partial charge in [-0.15, -0.1) is 0 Å². The van der Waals surface area contributed by atoms with Crippen molar-refractivity contribution in [3.63, 3.8) is 0 Å². The molecule has 0 heterocycles. The molecule has 0 aliphatic carbocycles. The van der Waals surface area contributed by atoms with Crippen LogP contribution < -0.4 is 0 Å². The fourth-order valence-corrected chi connectivity index (χ4v) is 0.696. The summed E-state index contributed by atoms with van der Waals surface area (Å²) < 4.78 is 0. The van der Waals surface area contributed by atoms with Crippen molar-refractivity contribution in [3.8, 4) is 0 Å². The van der Waals surface area contributed by atoms with Crippen molar-refractivity contribution in [1.29, 1.82) is 0 Å². The summed E-state index contributed by atoms with van der Waals surface area (Å²) in [5, 5.41) is 0. The van der Waals surface area contributed by atoms with Crippen molar-refractivity contribution in [2.45, 2.75) is 20.8 Å². The minimum atomic E-state index is 0.501. The summed E-state index contributed by atoms with van der Waals surface area (Å²) in [4.78, 5) is 4.18. The molecule has 0 unspecified atom stereocenters. The highest BCUT2D eigenvalue weighted by molar-refractivity contribution is 5.71. The van der Waals surface area contributed by atoms with Gasteiger partial charge in [0.25, 0.3) is 0 Å². The molecule has 0 aliphatic rings. The lowest BCUT2D eigenvalue weighted by molar-refractivity contribution is 0.757. The van der Waals surface area contributed by atoms with Crippen LogP contribution in [0.4, 0.5) is 0 Å². The lowest BCUT2D eigenvalue weighted by Gasteiger charge is -2.02. The molecular formula is C9H15N. The molecule has 0 saturated heterocycles. The van der Waals surface area contributed by atoms with E-state index in [4.69, 9.17) is 0 Å². The van der Waals surface area contributed by atoms with Gasteiger partial charge in [-0.2, -0.15) is 0 Å². The Morgan fingerprint density at radius 1 is 1.50 bits per heavy atom. The van der Waals surface area contributed by atoms with Gasteiger partial charge >= 0.3 is 0 Å². The van der Waals surface area contributed by atoms with E-state index in [0.717, 1.165) is 5.70 Å². The smallest absolute Gasteiger partial charge is 0.0386 e. The van der Waals surface area contributed by atoms with Gasteiger partial charge in [0, 0.05) is 11.9 Å². The molecule has 0 aromatic heterocycles. The van der Waals surface area contributed by atoms with E-state index in [2.05, 4.69) is 25.4 Å². The lowest BCUT2D eigenvalue weighted by atomic mass is 10.1. The lowest BCUT2D eigenvalue weighted by Crippen LogP contribution is -1.89. The van der Waals surface area contributed by atoms with Crippen molar-refractivity contribution in [2.75, 3.05) is 0 Å². The van der Waals surface area contributed by atoms with Crippen LogP contribution in [-0.2, 0) is 0 Å². The normalized spacial score (nSPS) is 13.0. The Hall–Kier alpha value is -0.850. The third kappa shape index (κ3) is 3.23. The maximum atomic E-state index is 4.18. The largest absolute Gasteiger partial charge is 0.261 e. The quantitative estimate of drug-likeness (QED) is 0.530. The molecule has 0 rings (SSSR count). The molecule has 56 valence electrons. The second-order valence-electron chi connectivity index (χ2n) is 2.38. The van der Waals surface area contributed by atoms with E-state index in [9.17, 15) is 0 Å². The molecule has 0 aromatic rings. The minimum Gasteiger partial charge on any atom is -0.261 e. The Balaban J connectivity index is 4.10. The summed E-state index contributed by atoms with van der Waals surface area (Å²) in [6.45, 7) is 9.79. The number of aliphatic imine (C=N–C) groups is 1. The number of hydrogen-bond donors (Lipinski definition) is 0. The zero-order chi connectivity index (χ0) is 7.98. The van der Waals surface area contributed by atoms with Gasteiger partial charge < -0.3 is 0 Å². The van der Waals surface area contributed by atoms with Crippen LogP contribution in [0.3, 0.4) is 0 Å². The van der Waals surface area contributed by atoms with Crippen molar-refractivity contribution in [2.24, 2.45) is 10.9 Å². The molecule has 0 radical (unpaired) electrons. The van der Waals surface area contributed by atoms with Crippen molar-refractivity contribution < 1.29 is 0 Å². The monoisotopic (exact) mass is 137 g/mol. The molecule has 0 bridgehead atoms. The third-order valence-corrected chi connectivity index (χ3v) is 1.22. The Morgan fingerprint density at radius 3 is 2.40 bits per heavy atom. The molecular weight excluding hydrogens is 122 g/mol. The number of rotatable bonds is 3. The Morgan fingerprint density at radius 2 is 2.10 bits per heavy atom. The van der Waals surface area contributed by atoms with Crippen LogP contribution in [0.15, 0.2) is 29.4 Å². The zero-order valence-corrected chi connectivity index (χ0v) is 6.96. The topological polar surface area (TPSA) is 12.4 Å². The zero-order valence-electron chi connectivity index (χ0n) is 6.96. The van der Waals surface area contributed by atoms with Crippen LogP contribution in [-0.4, -0.2) is 6.21 Å². The molecule has 0 saturated carbocycles. The molecule has 0 amide bonds. The van der Waals surface area contributed by atoms with Gasteiger partial charge in [-0.1, -0.05) is 32.6 Å². The van der Waals surface area contributed by atoms with E-state index < -0.39 is 0 Å². The first-order valence-electron chi connectivity index (χ1n) is 3.53. The van der Waals surface area contributed by atoms with E-state index in [-0.39, 0.29) is 0 Å². The van der Waals surface area contributed by atoms with E-state index in [1.165, 1.54) is 0 Å². The van der Waals surface area contributed by atoms with Gasteiger partial charge in [0.2, 0.25) is 0 Å². The van der Waals surface area contributed by atoms with Crippen molar-refractivity contribution >= 4 is 6.21 Å². The molecule has 1 nitrogen and oxygen atoms in total. The number of nitrogens with zero attached hydrogens (tertiary/aromatic N) is 1. The maximum absolute atomic E-state index is 4.18. The minimum absolute atomic E-state index is 0.501. The summed E-state index contributed by atoms with van der Waals surface area (Å²) in [5.74, 6) is 0.501. The van der Waals surface area contributed by atoms with Crippen LogP contribution in [0.25, 0.3) is 0 Å². The van der Waals surface area contributed by atoms with Gasteiger partial charge in [-0.05, 0) is 12.8 Å². The molecule has 0 spiro atoms. The second-order valence-corrected chi connectivity index (χ2v) is 2.38. The highest BCUT2D eigenvalue weighted by Crippen LogP contribution is 2.09. The Kier molecular flexibility index (Phi) is 4.55. The molecule has 0 N–H and O–H groups in total. The van der Waals surface area contributed by atoms with E-state index in [1.54, 1.807) is 12.3 Å². The maximum Gasteiger partial charge on any atom is 0.0386 e. The Labute approximate surface area is 63.2 Å². The van der Waals surface area contributed by atoms with Crippen LogP contribution >= 0.6 is 0 Å². The molecule has 10 heavy (non-hydrogen) atoms. The standard InChI is InChI=1S/C9H15N/c1-5-7-10-9(6-2)8(3)4/h5-8H,1H2,2-4H3/b9-6-,10-7-. The van der Waals surface area contributed by atoms with Gasteiger partial charge in [-0.3, -0.25) is 4.99 Å². The molecule has 0 fully saturated rings. The first-order valence-corrected chi connectivity index (χ1v) is 3.53. The average Bonchev–Trinajstić information content (AvgIpc) is 1.89. The first-order chi connectivity index (χ1) is 4.72. The highest BCUT2D eigenvalue weighted by atomic mass is 14.7. The predicted octanol–water partition coefficient (Wildman–Crippen LogP) is 2.80. The summed E-state index contributed by atoms with van der Waals surface area (Å²) in [5.41, 5.74) is 1.11. The third-order valence-electron chi connectivity index (χ3n) is 1.22. The fourth-order valence-electron chi connectivity index (χ4n) is 0.696. The first kappa shape index (κ1) is 9.15. The summed E-state index contributed by atoms with van der Waals surface area (Å²) in [6.07, 6.45) is 5.42. The average molecular weight is 137 g/mol. The number of allylic oxidation sites excluding steroid dienone is 3. The molecule has 0 aromatic carbocycles. The van der Waals surface area contributed by atoms with Crippen LogP contribution in [0, 0.1) is 5.92 Å². The van der Waals surface area contributed by atoms with Crippen LogP contribution in [0.1, 0.15) is 20.8 Å². The summed E-state index contributed by atoms with van der Waals surface area (Å²) in [6, 6.07) is 0. The van der Waals surface area contributed by atoms with Gasteiger partial charge in [0.1, 0.15) is 0 Å². The molecule has 1 heteroatoms. The molecule has 0 atom stereocenters. The van der Waals surface area contributed by atoms with Gasteiger partial charge in [0.15, 0.2) is 0 Å². The Bertz CT molecular complexity index is 152. The van der Waals surface area contributed by atoms with E-state index in [0.29, 0.717) is 5.92 Å². The van der Waals surface area contributed by atoms with Gasteiger partial charge in [-0.25, -0.2) is 0 Å². The van der Waals surface area contributed by atoms with Crippen LogP contribution in [0.5, 0.6) is 0 Å². The molecule has 0 aliphatic heterocycles. The van der Waals surface area contributed by atoms with Gasteiger partial charge in [0.05, 0.1) is 0 Å². The summed E-state index contributed by atoms with van der Waals surface area (Å²) in [7, 11) is 0. The second kappa shape index (κ2) is 4.98. The highest BCUT2D eigenvalue weighted by Gasteiger charge is 1.96. The van der Waals surface area contributed by atoms with Crippen LogP contribution in [0.2, 0.25) is 0 Å². The SMILES string of the molecule is C=C/C=N\C(=C/C)C(C)C. The van der Waals surface area contributed by atoms with Crippen molar-refractivity contribution in [3.05, 3.63) is 24.4 Å². The number of hydrogen-bond acceptors (Lipinski definition) is 1. The van der Waals surface area contributed by atoms with E-state index >= 15 is 0 Å². The fraction of sp³-hybridized carbons (Fsp3) is 0.444. The van der Waals surface area contributed by atoms with E-state index in [1.807, 2.05) is 13.0 Å².